The molecule has 108 valence electrons. The second-order valence-electron chi connectivity index (χ2n) is 4.32. The quantitative estimate of drug-likeness (QED) is 0.778. The maximum atomic E-state index is 11.7. The van der Waals surface area contributed by atoms with Crippen molar-refractivity contribution in [1.82, 2.24) is 0 Å². The molecule has 0 aromatic heterocycles. The third kappa shape index (κ3) is 5.94. The summed E-state index contributed by atoms with van der Waals surface area (Å²) < 4.78 is 34.2. The number of rotatable bonds is 8. The van der Waals surface area contributed by atoms with E-state index in [9.17, 15) is 8.42 Å². The largest absolute Gasteiger partial charge is 0.490 e. The Labute approximate surface area is 114 Å². The Morgan fingerprint density at radius 2 is 1.79 bits per heavy atom. The smallest absolute Gasteiger partial charge is 0.161 e. The molecular formula is C13H21NO4S. The molecule has 0 fully saturated rings. The van der Waals surface area contributed by atoms with Gasteiger partial charge in [0.15, 0.2) is 21.3 Å². The van der Waals surface area contributed by atoms with Gasteiger partial charge in [0.05, 0.1) is 18.1 Å². The Morgan fingerprint density at radius 3 is 2.32 bits per heavy atom. The first-order valence-electron chi connectivity index (χ1n) is 6.25. The van der Waals surface area contributed by atoms with Crippen LogP contribution in [0.5, 0.6) is 11.5 Å². The fraction of sp³-hybridized carbons (Fsp3) is 0.538. The van der Waals surface area contributed by atoms with Gasteiger partial charge in [0.2, 0.25) is 0 Å². The van der Waals surface area contributed by atoms with Crippen LogP contribution in [-0.4, -0.2) is 39.2 Å². The summed E-state index contributed by atoms with van der Waals surface area (Å²) in [7, 11) is -3.17. The molecule has 1 aromatic rings. The molecule has 0 heterocycles. The molecule has 19 heavy (non-hydrogen) atoms. The fourth-order valence-corrected chi connectivity index (χ4v) is 2.91. The van der Waals surface area contributed by atoms with Crippen LogP contribution in [0.25, 0.3) is 0 Å². The van der Waals surface area contributed by atoms with Gasteiger partial charge in [0, 0.05) is 6.04 Å². The van der Waals surface area contributed by atoms with Crippen LogP contribution >= 0.6 is 0 Å². The first kappa shape index (κ1) is 15.8. The number of para-hydroxylation sites is 2. The SMILES string of the molecule is CCOc1ccccc1OCCS(=O)(=O)CC(C)N. The van der Waals surface area contributed by atoms with E-state index in [2.05, 4.69) is 0 Å². The van der Waals surface area contributed by atoms with Crippen molar-refractivity contribution < 1.29 is 17.9 Å². The van der Waals surface area contributed by atoms with E-state index in [1.807, 2.05) is 19.1 Å². The monoisotopic (exact) mass is 287 g/mol. The standard InChI is InChI=1S/C13H21NO4S/c1-3-17-12-6-4-5-7-13(12)18-8-9-19(15,16)10-11(2)14/h4-7,11H,3,8-10,14H2,1-2H3. The van der Waals surface area contributed by atoms with E-state index < -0.39 is 9.84 Å². The van der Waals surface area contributed by atoms with Gasteiger partial charge in [0.1, 0.15) is 6.61 Å². The van der Waals surface area contributed by atoms with E-state index in [1.54, 1.807) is 19.1 Å². The van der Waals surface area contributed by atoms with Crippen LogP contribution in [0.2, 0.25) is 0 Å². The molecule has 6 heteroatoms. The molecule has 0 aliphatic heterocycles. The summed E-state index contributed by atoms with van der Waals surface area (Å²) in [6, 6.07) is 6.83. The van der Waals surface area contributed by atoms with E-state index in [-0.39, 0.29) is 24.2 Å². The molecule has 5 nitrogen and oxygen atoms in total. The highest BCUT2D eigenvalue weighted by Gasteiger charge is 2.14. The van der Waals surface area contributed by atoms with Crippen molar-refractivity contribution in [2.45, 2.75) is 19.9 Å². The minimum Gasteiger partial charge on any atom is -0.490 e. The van der Waals surface area contributed by atoms with Gasteiger partial charge in [-0.25, -0.2) is 8.42 Å². The second-order valence-corrected chi connectivity index (χ2v) is 6.55. The molecule has 0 spiro atoms. The average Bonchev–Trinajstić information content (AvgIpc) is 2.29. The summed E-state index contributed by atoms with van der Waals surface area (Å²) in [5.74, 6) is 1.10. The van der Waals surface area contributed by atoms with Crippen molar-refractivity contribution in [2.24, 2.45) is 5.73 Å². The van der Waals surface area contributed by atoms with Crippen molar-refractivity contribution in [3.63, 3.8) is 0 Å². The van der Waals surface area contributed by atoms with Crippen molar-refractivity contribution in [3.05, 3.63) is 24.3 Å². The van der Waals surface area contributed by atoms with Crippen LogP contribution in [-0.2, 0) is 9.84 Å². The molecule has 0 bridgehead atoms. The number of sulfone groups is 1. The lowest BCUT2D eigenvalue weighted by Crippen LogP contribution is -2.29. The zero-order valence-corrected chi connectivity index (χ0v) is 12.2. The van der Waals surface area contributed by atoms with Gasteiger partial charge in [-0.05, 0) is 26.0 Å². The predicted molar refractivity (Wildman–Crippen MR) is 75.4 cm³/mol. The van der Waals surface area contributed by atoms with Crippen LogP contribution < -0.4 is 15.2 Å². The number of hydrogen-bond donors (Lipinski definition) is 1. The van der Waals surface area contributed by atoms with Gasteiger partial charge >= 0.3 is 0 Å². The minimum atomic E-state index is -3.17. The lowest BCUT2D eigenvalue weighted by molar-refractivity contribution is 0.288. The first-order valence-corrected chi connectivity index (χ1v) is 8.07. The third-order valence-corrected chi connectivity index (χ3v) is 4.14. The molecule has 1 unspecified atom stereocenters. The lowest BCUT2D eigenvalue weighted by Gasteiger charge is -2.12. The van der Waals surface area contributed by atoms with Gasteiger partial charge in [0.25, 0.3) is 0 Å². The Bertz CT molecular complexity index is 485. The fourth-order valence-electron chi connectivity index (χ4n) is 1.61. The number of hydrogen-bond acceptors (Lipinski definition) is 5. The lowest BCUT2D eigenvalue weighted by atomic mass is 10.3. The maximum absolute atomic E-state index is 11.7. The zero-order chi connectivity index (χ0) is 14.3. The highest BCUT2D eigenvalue weighted by molar-refractivity contribution is 7.91. The number of nitrogens with two attached hydrogens (primary N) is 1. The molecule has 2 N–H and O–H groups in total. The summed E-state index contributed by atoms with van der Waals surface area (Å²) >= 11 is 0. The van der Waals surface area contributed by atoms with Crippen molar-refractivity contribution in [2.75, 3.05) is 24.7 Å². The average molecular weight is 287 g/mol. The van der Waals surface area contributed by atoms with Crippen molar-refractivity contribution >= 4 is 9.84 Å². The van der Waals surface area contributed by atoms with Gasteiger partial charge in [-0.2, -0.15) is 0 Å². The summed E-state index contributed by atoms with van der Waals surface area (Å²) in [5.41, 5.74) is 5.49. The predicted octanol–water partition coefficient (Wildman–Crippen LogP) is 1.23. The van der Waals surface area contributed by atoms with Crippen LogP contribution in [0, 0.1) is 0 Å². The van der Waals surface area contributed by atoms with E-state index in [4.69, 9.17) is 15.2 Å². The molecule has 0 aliphatic rings. The third-order valence-electron chi connectivity index (χ3n) is 2.32. The molecule has 1 atom stereocenters. The van der Waals surface area contributed by atoms with Gasteiger partial charge in [-0.3, -0.25) is 0 Å². The second kappa shape index (κ2) is 7.35. The first-order chi connectivity index (χ1) is 8.94. The van der Waals surface area contributed by atoms with Crippen LogP contribution in [0.3, 0.4) is 0 Å². The highest BCUT2D eigenvalue weighted by atomic mass is 32.2. The Morgan fingerprint density at radius 1 is 1.21 bits per heavy atom. The molecular weight excluding hydrogens is 266 g/mol. The number of benzene rings is 1. The minimum absolute atomic E-state index is 0.0243. The van der Waals surface area contributed by atoms with Crippen molar-refractivity contribution in [3.8, 4) is 11.5 Å². The van der Waals surface area contributed by atoms with Crippen LogP contribution in [0.15, 0.2) is 24.3 Å². The van der Waals surface area contributed by atoms with Gasteiger partial charge in [-0.15, -0.1) is 0 Å². The topological polar surface area (TPSA) is 78.6 Å². The Balaban J connectivity index is 2.54. The molecule has 0 saturated carbocycles. The van der Waals surface area contributed by atoms with Crippen molar-refractivity contribution in [1.29, 1.82) is 0 Å². The molecule has 0 amide bonds. The van der Waals surface area contributed by atoms with E-state index in [0.717, 1.165) is 0 Å². The van der Waals surface area contributed by atoms with Gasteiger partial charge in [-0.1, -0.05) is 12.1 Å². The van der Waals surface area contributed by atoms with E-state index in [1.165, 1.54) is 0 Å². The van der Waals surface area contributed by atoms with E-state index >= 15 is 0 Å². The molecule has 0 radical (unpaired) electrons. The Hall–Kier alpha value is -1.27. The summed E-state index contributed by atoms with van der Waals surface area (Å²) in [5, 5.41) is 0. The molecule has 0 aliphatic carbocycles. The van der Waals surface area contributed by atoms with Crippen LogP contribution in [0.1, 0.15) is 13.8 Å². The maximum Gasteiger partial charge on any atom is 0.161 e. The zero-order valence-electron chi connectivity index (χ0n) is 11.3. The van der Waals surface area contributed by atoms with Gasteiger partial charge < -0.3 is 15.2 Å². The summed E-state index contributed by atoms with van der Waals surface area (Å²) in [6.45, 7) is 4.18. The summed E-state index contributed by atoms with van der Waals surface area (Å²) in [4.78, 5) is 0. The highest BCUT2D eigenvalue weighted by Crippen LogP contribution is 2.26. The summed E-state index contributed by atoms with van der Waals surface area (Å²) in [6.07, 6.45) is 0. The molecule has 1 aromatic carbocycles. The normalized spacial score (nSPS) is 13.0. The molecule has 1 rings (SSSR count). The Kier molecular flexibility index (Phi) is 6.11. The number of ether oxygens (including phenoxy) is 2. The van der Waals surface area contributed by atoms with E-state index in [0.29, 0.717) is 18.1 Å². The van der Waals surface area contributed by atoms with Crippen LogP contribution in [0.4, 0.5) is 0 Å². The molecule has 0 saturated heterocycles.